The average Bonchev–Trinajstić information content (AvgIpc) is 2.35. The number of carbonyl (C=O) groups is 3. The molecule has 1 saturated heterocycles. The lowest BCUT2D eigenvalue weighted by Gasteiger charge is -2.49. The van der Waals surface area contributed by atoms with E-state index in [4.69, 9.17) is 4.74 Å². The number of amides is 1. The topological polar surface area (TPSA) is 83.9 Å². The van der Waals surface area contributed by atoms with Gasteiger partial charge in [0.15, 0.2) is 0 Å². The van der Waals surface area contributed by atoms with Gasteiger partial charge in [-0.15, -0.1) is 11.8 Å². The van der Waals surface area contributed by atoms with Gasteiger partial charge in [0.1, 0.15) is 12.3 Å². The van der Waals surface area contributed by atoms with Crippen molar-refractivity contribution in [1.82, 2.24) is 4.90 Å². The molecule has 0 aromatic carbocycles. The zero-order valence-electron chi connectivity index (χ0n) is 10.2. The lowest BCUT2D eigenvalue weighted by molar-refractivity contribution is -0.151. The highest BCUT2D eigenvalue weighted by Gasteiger charge is 2.52. The standard InChI is InChI=1S/C11H13NO5S2/c1-5(13)17-2-6-4-19-10-7(3-18)9(14)12(10)8(6)11(15)16/h7,10,18H,2-4H2,1H3,(H,15,16)/t7-,10-/m1/s1. The molecule has 1 fully saturated rings. The third kappa shape index (κ3) is 2.46. The van der Waals surface area contributed by atoms with Gasteiger partial charge in [-0.1, -0.05) is 0 Å². The number of thioether (sulfide) groups is 1. The minimum absolute atomic E-state index is 0.0481. The molecule has 2 rings (SSSR count). The summed E-state index contributed by atoms with van der Waals surface area (Å²) in [6.07, 6.45) is 0. The molecule has 0 radical (unpaired) electrons. The van der Waals surface area contributed by atoms with Gasteiger partial charge in [0.25, 0.3) is 0 Å². The van der Waals surface area contributed by atoms with Crippen molar-refractivity contribution in [3.8, 4) is 0 Å². The monoisotopic (exact) mass is 303 g/mol. The van der Waals surface area contributed by atoms with Gasteiger partial charge in [0.05, 0.1) is 11.3 Å². The summed E-state index contributed by atoms with van der Waals surface area (Å²) in [6, 6.07) is 0. The van der Waals surface area contributed by atoms with Crippen LogP contribution >= 0.6 is 24.4 Å². The summed E-state index contributed by atoms with van der Waals surface area (Å²) < 4.78 is 4.83. The van der Waals surface area contributed by atoms with Crippen LogP contribution in [0, 0.1) is 5.92 Å². The van der Waals surface area contributed by atoms with E-state index < -0.39 is 11.9 Å². The second-order valence-corrected chi connectivity index (χ2v) is 5.71. The Morgan fingerprint density at radius 1 is 1.58 bits per heavy atom. The van der Waals surface area contributed by atoms with E-state index in [-0.39, 0.29) is 29.5 Å². The Kier molecular flexibility index (Phi) is 4.10. The summed E-state index contributed by atoms with van der Waals surface area (Å²) in [5.41, 5.74) is 0.406. The summed E-state index contributed by atoms with van der Waals surface area (Å²) in [5.74, 6) is -1.28. The molecule has 2 aliphatic rings. The van der Waals surface area contributed by atoms with Crippen LogP contribution in [0.25, 0.3) is 0 Å². The first-order chi connectivity index (χ1) is 8.97. The number of carbonyl (C=O) groups excluding carboxylic acids is 2. The highest BCUT2D eigenvalue weighted by Crippen LogP contribution is 2.44. The summed E-state index contributed by atoms with van der Waals surface area (Å²) >= 11 is 5.58. The van der Waals surface area contributed by atoms with E-state index in [1.165, 1.54) is 23.6 Å². The van der Waals surface area contributed by atoms with E-state index >= 15 is 0 Å². The van der Waals surface area contributed by atoms with Crippen molar-refractivity contribution in [2.75, 3.05) is 18.1 Å². The second kappa shape index (κ2) is 5.46. The molecule has 0 bridgehead atoms. The van der Waals surface area contributed by atoms with Crippen LogP contribution in [-0.4, -0.2) is 51.3 Å². The van der Waals surface area contributed by atoms with Gasteiger partial charge in [-0.2, -0.15) is 12.6 Å². The maximum absolute atomic E-state index is 11.9. The van der Waals surface area contributed by atoms with Gasteiger partial charge in [0, 0.05) is 24.0 Å². The fourth-order valence-corrected chi connectivity index (χ4v) is 3.99. The molecule has 2 atom stereocenters. The van der Waals surface area contributed by atoms with Gasteiger partial charge >= 0.3 is 11.9 Å². The van der Waals surface area contributed by atoms with Gasteiger partial charge < -0.3 is 9.84 Å². The van der Waals surface area contributed by atoms with Gasteiger partial charge in [0.2, 0.25) is 5.91 Å². The Morgan fingerprint density at radius 3 is 2.79 bits per heavy atom. The smallest absolute Gasteiger partial charge is 0.352 e. The van der Waals surface area contributed by atoms with Crippen LogP contribution in [-0.2, 0) is 19.1 Å². The fraction of sp³-hybridized carbons (Fsp3) is 0.545. The summed E-state index contributed by atoms with van der Waals surface area (Å²) in [4.78, 5) is 35.3. The highest BCUT2D eigenvalue weighted by molar-refractivity contribution is 8.00. The van der Waals surface area contributed by atoms with Crippen LogP contribution < -0.4 is 0 Å². The molecular formula is C11H13NO5S2. The molecule has 0 unspecified atom stereocenters. The summed E-state index contributed by atoms with van der Waals surface area (Å²) in [5, 5.41) is 9.08. The average molecular weight is 303 g/mol. The molecular weight excluding hydrogens is 290 g/mol. The Morgan fingerprint density at radius 2 is 2.26 bits per heavy atom. The number of aliphatic carboxylic acids is 1. The van der Waals surface area contributed by atoms with Crippen molar-refractivity contribution in [2.24, 2.45) is 5.92 Å². The number of β-lactam (4-membered cyclic amide) rings is 1. The van der Waals surface area contributed by atoms with Crippen molar-refractivity contribution in [2.45, 2.75) is 12.3 Å². The van der Waals surface area contributed by atoms with Crippen molar-refractivity contribution in [3.63, 3.8) is 0 Å². The molecule has 2 aliphatic heterocycles. The van der Waals surface area contributed by atoms with Crippen LogP contribution in [0.15, 0.2) is 11.3 Å². The minimum Gasteiger partial charge on any atom is -0.477 e. The molecule has 0 saturated carbocycles. The van der Waals surface area contributed by atoms with Crippen LogP contribution in [0.2, 0.25) is 0 Å². The van der Waals surface area contributed by atoms with E-state index in [2.05, 4.69) is 12.6 Å². The Labute approximate surface area is 119 Å². The Balaban J connectivity index is 2.25. The van der Waals surface area contributed by atoms with Gasteiger partial charge in [-0.3, -0.25) is 14.5 Å². The highest BCUT2D eigenvalue weighted by atomic mass is 32.2. The maximum atomic E-state index is 11.9. The van der Waals surface area contributed by atoms with Crippen LogP contribution in [0.4, 0.5) is 0 Å². The molecule has 2 heterocycles. The number of carboxylic acids is 1. The van der Waals surface area contributed by atoms with E-state index in [0.717, 1.165) is 0 Å². The molecule has 104 valence electrons. The Hall–Kier alpha value is -1.15. The molecule has 1 N–H and O–H groups in total. The van der Waals surface area contributed by atoms with E-state index in [1.54, 1.807) is 0 Å². The predicted octanol–water partition coefficient (Wildman–Crippen LogP) is 0.349. The first-order valence-electron chi connectivity index (χ1n) is 5.61. The first kappa shape index (κ1) is 14.3. The van der Waals surface area contributed by atoms with Crippen LogP contribution in [0.3, 0.4) is 0 Å². The number of hydrogen-bond acceptors (Lipinski definition) is 6. The third-order valence-electron chi connectivity index (χ3n) is 3.01. The van der Waals surface area contributed by atoms with E-state index in [0.29, 0.717) is 17.1 Å². The van der Waals surface area contributed by atoms with Gasteiger partial charge in [-0.05, 0) is 0 Å². The summed E-state index contributed by atoms with van der Waals surface area (Å²) in [7, 11) is 0. The number of fused-ring (bicyclic) bond motifs is 1. The molecule has 0 aromatic rings. The molecule has 1 amide bonds. The molecule has 19 heavy (non-hydrogen) atoms. The van der Waals surface area contributed by atoms with E-state index in [1.807, 2.05) is 0 Å². The molecule has 8 heteroatoms. The second-order valence-electron chi connectivity index (χ2n) is 4.24. The van der Waals surface area contributed by atoms with E-state index in [9.17, 15) is 19.5 Å². The van der Waals surface area contributed by atoms with Crippen molar-refractivity contribution in [1.29, 1.82) is 0 Å². The number of hydrogen-bond donors (Lipinski definition) is 2. The maximum Gasteiger partial charge on any atom is 0.352 e. The number of thiol groups is 1. The zero-order chi connectivity index (χ0) is 14.2. The quantitative estimate of drug-likeness (QED) is 0.443. The number of rotatable bonds is 4. The number of carboxylic acid groups (broad SMARTS) is 1. The van der Waals surface area contributed by atoms with Gasteiger partial charge in [-0.25, -0.2) is 4.79 Å². The first-order valence-corrected chi connectivity index (χ1v) is 7.29. The SMILES string of the molecule is CC(=O)OCC1=C(C(=O)O)N2C(=O)[C@@H](CS)[C@H]2SC1. The van der Waals surface area contributed by atoms with Crippen molar-refractivity contribution in [3.05, 3.63) is 11.3 Å². The number of nitrogens with zero attached hydrogens (tertiary/aromatic N) is 1. The molecule has 0 aromatic heterocycles. The molecule has 6 nitrogen and oxygen atoms in total. The van der Waals surface area contributed by atoms with Crippen LogP contribution in [0.5, 0.6) is 0 Å². The number of esters is 1. The third-order valence-corrected chi connectivity index (χ3v) is 4.80. The predicted molar refractivity (Wildman–Crippen MR) is 71.7 cm³/mol. The van der Waals surface area contributed by atoms with Crippen molar-refractivity contribution >= 4 is 42.2 Å². The normalized spacial score (nSPS) is 25.8. The summed E-state index contributed by atoms with van der Waals surface area (Å²) in [6.45, 7) is 1.16. The molecule has 0 aliphatic carbocycles. The van der Waals surface area contributed by atoms with Crippen molar-refractivity contribution < 1.29 is 24.2 Å². The van der Waals surface area contributed by atoms with Crippen LogP contribution in [0.1, 0.15) is 6.92 Å². The lowest BCUT2D eigenvalue weighted by atomic mass is 9.97. The molecule has 0 spiro atoms. The zero-order valence-corrected chi connectivity index (χ0v) is 11.9. The number of ether oxygens (including phenoxy) is 1. The fourth-order valence-electron chi connectivity index (χ4n) is 2.10. The minimum atomic E-state index is -1.17. The Bertz CT molecular complexity index is 476. The lowest BCUT2D eigenvalue weighted by Crippen LogP contribution is -2.62. The largest absolute Gasteiger partial charge is 0.477 e.